The lowest BCUT2D eigenvalue weighted by atomic mass is 10.0. The van der Waals surface area contributed by atoms with E-state index in [1.807, 2.05) is 44.2 Å². The number of para-hydroxylation sites is 1. The van der Waals surface area contributed by atoms with Gasteiger partial charge in [0.2, 0.25) is 5.91 Å². The smallest absolute Gasteiger partial charge is 0.255 e. The molecule has 5 heteroatoms. The fraction of sp³-hybridized carbons (Fsp3) is 0.217. The minimum atomic E-state index is -0.336. The quantitative estimate of drug-likeness (QED) is 0.658. The molecule has 0 heterocycles. The van der Waals surface area contributed by atoms with Crippen LogP contribution < -0.4 is 15.4 Å². The Hall–Kier alpha value is -3.34. The number of amides is 2. The molecule has 0 aromatic heterocycles. The van der Waals surface area contributed by atoms with Crippen LogP contribution in [0.5, 0.6) is 5.75 Å². The summed E-state index contributed by atoms with van der Waals surface area (Å²) in [6.07, 6.45) is 0. The molecule has 0 radical (unpaired) electrons. The molecule has 3 rings (SSSR count). The number of nitrogens with one attached hydrogen (secondary N) is 2. The van der Waals surface area contributed by atoms with Crippen LogP contribution in [0.1, 0.15) is 35.8 Å². The van der Waals surface area contributed by atoms with Crippen LogP contribution >= 0.6 is 0 Å². The average molecular weight is 376 g/mol. The Morgan fingerprint density at radius 3 is 2.46 bits per heavy atom. The van der Waals surface area contributed by atoms with Gasteiger partial charge in [0.15, 0.2) is 0 Å². The molecular formula is C23H24N2O3. The summed E-state index contributed by atoms with van der Waals surface area (Å²) < 4.78 is 5.46. The van der Waals surface area contributed by atoms with Crippen LogP contribution in [-0.4, -0.2) is 25.0 Å². The van der Waals surface area contributed by atoms with E-state index in [2.05, 4.69) is 22.8 Å². The molecular weight excluding hydrogens is 352 g/mol. The van der Waals surface area contributed by atoms with Gasteiger partial charge in [-0.1, -0.05) is 48.5 Å². The van der Waals surface area contributed by atoms with E-state index in [0.29, 0.717) is 17.9 Å². The highest BCUT2D eigenvalue weighted by Crippen LogP contribution is 2.20. The third-order valence-electron chi connectivity index (χ3n) is 4.49. The Kier molecular flexibility index (Phi) is 6.27. The molecule has 5 nitrogen and oxygen atoms in total. The van der Waals surface area contributed by atoms with Gasteiger partial charge in [0.05, 0.1) is 24.8 Å². The van der Waals surface area contributed by atoms with Crippen LogP contribution in [0.2, 0.25) is 0 Å². The summed E-state index contributed by atoms with van der Waals surface area (Å²) in [6.45, 7) is 4.15. The largest absolute Gasteiger partial charge is 0.493 e. The zero-order valence-electron chi connectivity index (χ0n) is 16.1. The Bertz CT molecular complexity index is 984. The molecule has 144 valence electrons. The van der Waals surface area contributed by atoms with E-state index in [4.69, 9.17) is 4.74 Å². The second-order valence-corrected chi connectivity index (χ2v) is 6.51. The lowest BCUT2D eigenvalue weighted by Gasteiger charge is -2.16. The SMILES string of the molecule is CCOc1ccccc1C(=O)NCC(=O)NC(C)c1ccc2ccccc2c1. The molecule has 2 amide bonds. The fourth-order valence-electron chi connectivity index (χ4n) is 3.04. The van der Waals surface area contributed by atoms with Crippen molar-refractivity contribution in [1.29, 1.82) is 0 Å². The standard InChI is InChI=1S/C23H24N2O3/c1-3-28-21-11-7-6-10-20(21)23(27)24-15-22(26)25-16(2)18-13-12-17-8-4-5-9-19(17)14-18/h4-14,16H,3,15H2,1-2H3,(H,24,27)(H,25,26). The summed E-state index contributed by atoms with van der Waals surface area (Å²) in [6, 6.07) is 21.0. The van der Waals surface area contributed by atoms with Gasteiger partial charge in [0.25, 0.3) is 5.91 Å². The summed E-state index contributed by atoms with van der Waals surface area (Å²) in [5.41, 5.74) is 1.43. The molecule has 3 aromatic rings. The number of fused-ring (bicyclic) bond motifs is 1. The van der Waals surface area contributed by atoms with Gasteiger partial charge in [-0.3, -0.25) is 9.59 Å². The average Bonchev–Trinajstić information content (AvgIpc) is 2.72. The predicted molar refractivity (Wildman–Crippen MR) is 110 cm³/mol. The van der Waals surface area contributed by atoms with Gasteiger partial charge in [-0.15, -0.1) is 0 Å². The molecule has 0 saturated carbocycles. The Morgan fingerprint density at radius 1 is 0.964 bits per heavy atom. The van der Waals surface area contributed by atoms with Crippen LogP contribution in [0.15, 0.2) is 66.7 Å². The highest BCUT2D eigenvalue weighted by molar-refractivity contribution is 5.98. The minimum absolute atomic E-state index is 0.1000. The number of hydrogen-bond donors (Lipinski definition) is 2. The minimum Gasteiger partial charge on any atom is -0.493 e. The topological polar surface area (TPSA) is 67.4 Å². The number of hydrogen-bond acceptors (Lipinski definition) is 3. The van der Waals surface area contributed by atoms with E-state index in [1.165, 1.54) is 0 Å². The third-order valence-corrected chi connectivity index (χ3v) is 4.49. The monoisotopic (exact) mass is 376 g/mol. The molecule has 0 bridgehead atoms. The number of carbonyl (C=O) groups excluding carboxylic acids is 2. The van der Waals surface area contributed by atoms with E-state index >= 15 is 0 Å². The van der Waals surface area contributed by atoms with Crippen LogP contribution in [0.25, 0.3) is 10.8 Å². The van der Waals surface area contributed by atoms with Crippen LogP contribution in [0.3, 0.4) is 0 Å². The normalized spacial score (nSPS) is 11.6. The van der Waals surface area contributed by atoms with Crippen LogP contribution in [0.4, 0.5) is 0 Å². The lowest BCUT2D eigenvalue weighted by Crippen LogP contribution is -2.38. The fourth-order valence-corrected chi connectivity index (χ4v) is 3.04. The van der Waals surface area contributed by atoms with Gasteiger partial charge in [0.1, 0.15) is 5.75 Å². The number of rotatable bonds is 7. The summed E-state index contributed by atoms with van der Waals surface area (Å²) >= 11 is 0. The molecule has 0 fully saturated rings. The van der Waals surface area contributed by atoms with Gasteiger partial charge in [-0.2, -0.15) is 0 Å². The van der Waals surface area contributed by atoms with Crippen molar-refractivity contribution in [2.75, 3.05) is 13.2 Å². The van der Waals surface area contributed by atoms with Crippen molar-refractivity contribution in [2.45, 2.75) is 19.9 Å². The molecule has 0 aliphatic rings. The summed E-state index contributed by atoms with van der Waals surface area (Å²) in [7, 11) is 0. The molecule has 0 spiro atoms. The van der Waals surface area contributed by atoms with Crippen LogP contribution in [-0.2, 0) is 4.79 Å². The molecule has 28 heavy (non-hydrogen) atoms. The zero-order chi connectivity index (χ0) is 19.9. The number of benzene rings is 3. The summed E-state index contributed by atoms with van der Waals surface area (Å²) in [5, 5.41) is 7.86. The molecule has 0 aliphatic heterocycles. The van der Waals surface area contributed by atoms with Crippen molar-refractivity contribution in [3.8, 4) is 5.75 Å². The van der Waals surface area contributed by atoms with Crippen molar-refractivity contribution >= 4 is 22.6 Å². The van der Waals surface area contributed by atoms with E-state index in [0.717, 1.165) is 16.3 Å². The highest BCUT2D eigenvalue weighted by Gasteiger charge is 2.14. The molecule has 3 aromatic carbocycles. The first-order valence-corrected chi connectivity index (χ1v) is 9.36. The highest BCUT2D eigenvalue weighted by atomic mass is 16.5. The van der Waals surface area contributed by atoms with Gasteiger partial charge >= 0.3 is 0 Å². The second-order valence-electron chi connectivity index (χ2n) is 6.51. The Labute approximate surface area is 164 Å². The maximum absolute atomic E-state index is 12.4. The van der Waals surface area contributed by atoms with E-state index in [9.17, 15) is 9.59 Å². The zero-order valence-corrected chi connectivity index (χ0v) is 16.1. The molecule has 2 N–H and O–H groups in total. The van der Waals surface area contributed by atoms with Crippen molar-refractivity contribution in [2.24, 2.45) is 0 Å². The van der Waals surface area contributed by atoms with Gasteiger partial charge in [-0.05, 0) is 48.4 Å². The lowest BCUT2D eigenvalue weighted by molar-refractivity contribution is -0.120. The van der Waals surface area contributed by atoms with E-state index < -0.39 is 0 Å². The van der Waals surface area contributed by atoms with Crippen molar-refractivity contribution in [3.63, 3.8) is 0 Å². The maximum atomic E-state index is 12.4. The van der Waals surface area contributed by atoms with Crippen molar-refractivity contribution in [1.82, 2.24) is 10.6 Å². The van der Waals surface area contributed by atoms with Crippen LogP contribution in [0, 0.1) is 0 Å². The first kappa shape index (κ1) is 19.4. The number of carbonyl (C=O) groups is 2. The summed E-state index contributed by atoms with van der Waals surface area (Å²) in [5.74, 6) is -0.0760. The van der Waals surface area contributed by atoms with Gasteiger partial charge in [0, 0.05) is 0 Å². The Morgan fingerprint density at radius 2 is 1.68 bits per heavy atom. The number of ether oxygens (including phenoxy) is 1. The predicted octanol–water partition coefficient (Wildman–Crippen LogP) is 3.85. The second kappa shape index (κ2) is 9.04. The molecule has 1 atom stereocenters. The van der Waals surface area contributed by atoms with Gasteiger partial charge in [-0.25, -0.2) is 0 Å². The van der Waals surface area contributed by atoms with E-state index in [1.54, 1.807) is 24.3 Å². The molecule has 0 saturated heterocycles. The van der Waals surface area contributed by atoms with Crippen molar-refractivity contribution in [3.05, 3.63) is 77.9 Å². The maximum Gasteiger partial charge on any atom is 0.255 e. The molecule has 1 unspecified atom stereocenters. The Balaban J connectivity index is 1.58. The third kappa shape index (κ3) is 4.68. The van der Waals surface area contributed by atoms with Gasteiger partial charge < -0.3 is 15.4 Å². The van der Waals surface area contributed by atoms with Crippen molar-refractivity contribution < 1.29 is 14.3 Å². The summed E-state index contributed by atoms with van der Waals surface area (Å²) in [4.78, 5) is 24.7. The first-order valence-electron chi connectivity index (χ1n) is 9.36. The molecule has 0 aliphatic carbocycles. The van der Waals surface area contributed by atoms with E-state index in [-0.39, 0.29) is 24.4 Å². The first-order chi connectivity index (χ1) is 13.6.